The van der Waals surface area contributed by atoms with Crippen LogP contribution in [0.3, 0.4) is 0 Å². The molecule has 0 atom stereocenters. The first-order valence-corrected chi connectivity index (χ1v) is 17.4. The second kappa shape index (κ2) is 22.3. The van der Waals surface area contributed by atoms with Gasteiger partial charge in [0, 0.05) is 49.6 Å². The van der Waals surface area contributed by atoms with Gasteiger partial charge >= 0.3 is 0 Å². The van der Waals surface area contributed by atoms with Gasteiger partial charge < -0.3 is 30.6 Å². The van der Waals surface area contributed by atoms with Crippen LogP contribution in [-0.2, 0) is 17.6 Å². The Morgan fingerprint density at radius 2 is 1.19 bits per heavy atom. The fourth-order valence-electron chi connectivity index (χ4n) is 5.86. The van der Waals surface area contributed by atoms with Gasteiger partial charge in [0.25, 0.3) is 6.47 Å². The standard InChI is InChI=1S/C16H24N4S.C14H20N4S.CH2O2.CH4O.2ClH/c1-4-13-9-14-15(17-11-18-16(14)21-13)20-7-5-12(6-8-20)10-19(2)3;1-2-11-7-12-13(16-9-17-14(12)19-11)18-5-3-10(8-15)4-6-18;2-1-3;1-2;;/h9,11-12H,4-8,10H2,1-3H3;7,9-10H,2-6,8,15H2,1H3;1H,(H,2,3);2H,1H3;2*1H. The average Bonchev–Trinajstić information content (AvgIpc) is 3.71. The second-order valence-electron chi connectivity index (χ2n) is 11.4. The number of hydrogen-bond acceptors (Lipinski definition) is 12. The molecule has 11 nitrogen and oxygen atoms in total. The van der Waals surface area contributed by atoms with Crippen LogP contribution in [0.4, 0.5) is 11.6 Å². The van der Waals surface area contributed by atoms with E-state index in [-0.39, 0.29) is 31.3 Å². The molecule has 2 aliphatic rings. The number of carboxylic acid groups (broad SMARTS) is 1. The van der Waals surface area contributed by atoms with Crippen molar-refractivity contribution in [3.05, 3.63) is 34.5 Å². The summed E-state index contributed by atoms with van der Waals surface area (Å²) in [6, 6.07) is 4.53. The monoisotopic (exact) mass is 730 g/mol. The van der Waals surface area contributed by atoms with Crippen molar-refractivity contribution in [2.45, 2.75) is 52.4 Å². The van der Waals surface area contributed by atoms with Crippen molar-refractivity contribution in [1.82, 2.24) is 24.8 Å². The predicted octanol–water partition coefficient (Wildman–Crippen LogP) is 5.61. The number of piperidine rings is 2. The van der Waals surface area contributed by atoms with E-state index in [1.807, 2.05) is 0 Å². The quantitative estimate of drug-likeness (QED) is 0.204. The molecule has 2 saturated heterocycles. The molecule has 4 aromatic heterocycles. The summed E-state index contributed by atoms with van der Waals surface area (Å²) < 4.78 is 0. The molecular formula is C32H52Cl2N8O3S2. The smallest absolute Gasteiger partial charge is 0.290 e. The summed E-state index contributed by atoms with van der Waals surface area (Å²) in [7, 11) is 5.33. The molecule has 0 bridgehead atoms. The van der Waals surface area contributed by atoms with E-state index in [9.17, 15) is 0 Å². The molecule has 0 amide bonds. The number of rotatable bonds is 7. The molecule has 4 N–H and O–H groups in total. The molecule has 2 fully saturated rings. The van der Waals surface area contributed by atoms with Crippen molar-refractivity contribution in [1.29, 1.82) is 0 Å². The van der Waals surface area contributed by atoms with E-state index in [1.165, 1.54) is 52.8 Å². The number of halogens is 2. The number of hydrogen-bond donors (Lipinski definition) is 3. The molecule has 264 valence electrons. The largest absolute Gasteiger partial charge is 0.483 e. The van der Waals surface area contributed by atoms with Crippen molar-refractivity contribution in [2.75, 3.05) is 70.3 Å². The molecule has 0 aromatic carbocycles. The average molecular weight is 732 g/mol. The van der Waals surface area contributed by atoms with Gasteiger partial charge in [-0.2, -0.15) is 0 Å². The fraction of sp³-hybridized carbons (Fsp3) is 0.594. The number of aryl methyl sites for hydroxylation is 2. The Morgan fingerprint density at radius 1 is 0.809 bits per heavy atom. The van der Waals surface area contributed by atoms with Gasteiger partial charge in [0.15, 0.2) is 0 Å². The van der Waals surface area contributed by atoms with Gasteiger partial charge in [-0.1, -0.05) is 13.8 Å². The van der Waals surface area contributed by atoms with E-state index in [0.717, 1.165) is 79.9 Å². The van der Waals surface area contributed by atoms with Crippen molar-refractivity contribution in [3.8, 4) is 0 Å². The summed E-state index contributed by atoms with van der Waals surface area (Å²) in [5.74, 6) is 3.75. The van der Waals surface area contributed by atoms with Gasteiger partial charge in [-0.25, -0.2) is 19.9 Å². The second-order valence-corrected chi connectivity index (χ2v) is 13.7. The van der Waals surface area contributed by atoms with Crippen molar-refractivity contribution in [3.63, 3.8) is 0 Å². The van der Waals surface area contributed by atoms with Gasteiger partial charge in [-0.3, -0.25) is 4.79 Å². The number of aliphatic hydroxyl groups is 1. The molecule has 0 spiro atoms. The molecule has 0 aliphatic carbocycles. The van der Waals surface area contributed by atoms with Crippen LogP contribution in [-0.4, -0.2) is 102 Å². The minimum Gasteiger partial charge on any atom is -0.483 e. The van der Waals surface area contributed by atoms with Crippen LogP contribution in [0.5, 0.6) is 0 Å². The third-order valence-corrected chi connectivity index (χ3v) is 10.6. The van der Waals surface area contributed by atoms with Crippen LogP contribution < -0.4 is 15.5 Å². The lowest BCUT2D eigenvalue weighted by molar-refractivity contribution is -0.122. The number of nitrogens with two attached hydrogens (primary N) is 1. The number of thiophene rings is 2. The van der Waals surface area contributed by atoms with Crippen LogP contribution in [0, 0.1) is 11.8 Å². The maximum Gasteiger partial charge on any atom is 0.290 e. The first-order valence-electron chi connectivity index (χ1n) is 15.7. The number of aliphatic hydroxyl groups excluding tert-OH is 1. The molecule has 0 saturated carbocycles. The van der Waals surface area contributed by atoms with Crippen molar-refractivity contribution in [2.24, 2.45) is 17.6 Å². The predicted molar refractivity (Wildman–Crippen MR) is 202 cm³/mol. The van der Waals surface area contributed by atoms with E-state index in [1.54, 1.807) is 35.3 Å². The third kappa shape index (κ3) is 11.9. The lowest BCUT2D eigenvalue weighted by Gasteiger charge is -2.34. The molecule has 6 heterocycles. The molecule has 6 rings (SSSR count). The molecular weight excluding hydrogens is 679 g/mol. The van der Waals surface area contributed by atoms with Gasteiger partial charge in [-0.15, -0.1) is 47.5 Å². The highest BCUT2D eigenvalue weighted by molar-refractivity contribution is 7.19. The summed E-state index contributed by atoms with van der Waals surface area (Å²) in [4.78, 5) is 38.5. The third-order valence-electron chi connectivity index (χ3n) is 8.20. The minimum absolute atomic E-state index is 0. The summed E-state index contributed by atoms with van der Waals surface area (Å²) in [5, 5.41) is 16.3. The number of fused-ring (bicyclic) bond motifs is 2. The zero-order chi connectivity index (χ0) is 32.8. The molecule has 4 aromatic rings. The van der Waals surface area contributed by atoms with Crippen LogP contribution >= 0.6 is 47.5 Å². The van der Waals surface area contributed by atoms with E-state index in [2.05, 4.69) is 74.7 Å². The maximum atomic E-state index is 8.36. The van der Waals surface area contributed by atoms with Gasteiger partial charge in [0.1, 0.15) is 34.0 Å². The Labute approximate surface area is 299 Å². The van der Waals surface area contributed by atoms with Gasteiger partial charge in [-0.05, 0) is 83.1 Å². The maximum absolute atomic E-state index is 8.36. The summed E-state index contributed by atoms with van der Waals surface area (Å²) in [5.41, 5.74) is 5.76. The highest BCUT2D eigenvalue weighted by atomic mass is 35.5. The zero-order valence-electron chi connectivity index (χ0n) is 28.2. The molecule has 0 radical (unpaired) electrons. The number of anilines is 2. The lowest BCUT2D eigenvalue weighted by atomic mass is 9.96. The summed E-state index contributed by atoms with van der Waals surface area (Å²) >= 11 is 3.58. The van der Waals surface area contributed by atoms with Crippen LogP contribution in [0.1, 0.15) is 49.3 Å². The lowest BCUT2D eigenvalue weighted by Crippen LogP contribution is -2.37. The fourth-order valence-corrected chi connectivity index (χ4v) is 7.72. The van der Waals surface area contributed by atoms with E-state index in [0.29, 0.717) is 5.92 Å². The van der Waals surface area contributed by atoms with Crippen molar-refractivity contribution >= 4 is 86.0 Å². The minimum atomic E-state index is -0.250. The highest BCUT2D eigenvalue weighted by Gasteiger charge is 2.23. The topological polar surface area (TPSA) is 145 Å². The summed E-state index contributed by atoms with van der Waals surface area (Å²) in [6.07, 6.45) is 10.4. The Balaban J connectivity index is 0.000000400. The summed E-state index contributed by atoms with van der Waals surface area (Å²) in [6.45, 7) is 10.5. The Hall–Kier alpha value is -2.39. The zero-order valence-corrected chi connectivity index (χ0v) is 31.4. The molecule has 15 heteroatoms. The van der Waals surface area contributed by atoms with E-state index < -0.39 is 0 Å². The Kier molecular flexibility index (Phi) is 20.2. The van der Waals surface area contributed by atoms with Gasteiger partial charge in [0.05, 0.1) is 10.8 Å². The van der Waals surface area contributed by atoms with Crippen LogP contribution in [0.2, 0.25) is 0 Å². The first-order chi connectivity index (χ1) is 21.9. The Bertz CT molecular complexity index is 1440. The molecule has 0 unspecified atom stereocenters. The van der Waals surface area contributed by atoms with E-state index in [4.69, 9.17) is 20.7 Å². The SMILES string of the molecule is CCc1cc2c(N3CCC(CN(C)C)CC3)ncnc2s1.CCc1cc2c(N3CCC(CN)CC3)ncnc2s1.CO.Cl.Cl.O=CO. The normalized spacial score (nSPS) is 15.0. The number of nitrogens with zero attached hydrogens (tertiary/aromatic N) is 7. The first kappa shape index (κ1) is 42.6. The van der Waals surface area contributed by atoms with Gasteiger partial charge in [0.2, 0.25) is 0 Å². The van der Waals surface area contributed by atoms with E-state index >= 15 is 0 Å². The highest BCUT2D eigenvalue weighted by Crippen LogP contribution is 2.33. The van der Waals surface area contributed by atoms with Crippen LogP contribution in [0.25, 0.3) is 20.4 Å². The number of aromatic nitrogens is 4. The van der Waals surface area contributed by atoms with Crippen LogP contribution in [0.15, 0.2) is 24.8 Å². The molecule has 2 aliphatic heterocycles. The van der Waals surface area contributed by atoms with Crippen molar-refractivity contribution < 1.29 is 15.0 Å². The molecule has 47 heavy (non-hydrogen) atoms. The number of carbonyl (C=O) groups is 1. The Morgan fingerprint density at radius 3 is 1.53 bits per heavy atom.